The molecule has 0 aromatic heterocycles. The normalized spacial score (nSPS) is 10.5. The number of isocyanates is 1. The van der Waals surface area contributed by atoms with Crippen molar-refractivity contribution < 1.29 is 4.79 Å². The summed E-state index contributed by atoms with van der Waals surface area (Å²) in [5, 5.41) is 0. The Morgan fingerprint density at radius 1 is 1.13 bits per heavy atom. The topological polar surface area (TPSA) is 29.4 Å². The van der Waals surface area contributed by atoms with Crippen LogP contribution in [0.2, 0.25) is 0 Å². The Morgan fingerprint density at radius 3 is 2.27 bits per heavy atom. The average molecular weight is 203 g/mol. The van der Waals surface area contributed by atoms with Gasteiger partial charge in [-0.15, -0.1) is 0 Å². The predicted octanol–water partition coefficient (Wildman–Crippen LogP) is 3.90. The van der Waals surface area contributed by atoms with Crippen molar-refractivity contribution in [2.24, 2.45) is 4.99 Å². The van der Waals surface area contributed by atoms with Crippen molar-refractivity contribution in [2.45, 2.75) is 39.5 Å². The molecule has 0 aliphatic heterocycles. The van der Waals surface area contributed by atoms with Gasteiger partial charge >= 0.3 is 0 Å². The molecule has 0 N–H and O–H groups in total. The van der Waals surface area contributed by atoms with Gasteiger partial charge in [-0.05, 0) is 29.0 Å². The SMILES string of the molecule is CC(C)c1cccc(N=C=O)c1C(C)C. The Kier molecular flexibility index (Phi) is 3.81. The molecule has 1 rings (SSSR count). The van der Waals surface area contributed by atoms with Gasteiger partial charge in [0, 0.05) is 0 Å². The number of benzene rings is 1. The molecule has 0 radical (unpaired) electrons. The van der Waals surface area contributed by atoms with Crippen LogP contribution in [-0.4, -0.2) is 6.08 Å². The summed E-state index contributed by atoms with van der Waals surface area (Å²) >= 11 is 0. The first-order valence-corrected chi connectivity index (χ1v) is 5.28. The number of hydrogen-bond acceptors (Lipinski definition) is 2. The van der Waals surface area contributed by atoms with E-state index in [0.29, 0.717) is 11.8 Å². The molecule has 0 amide bonds. The lowest BCUT2D eigenvalue weighted by atomic mass is 9.89. The molecule has 1 aromatic rings. The van der Waals surface area contributed by atoms with Crippen LogP contribution >= 0.6 is 0 Å². The number of rotatable bonds is 3. The van der Waals surface area contributed by atoms with Crippen molar-refractivity contribution in [3.63, 3.8) is 0 Å². The van der Waals surface area contributed by atoms with Crippen LogP contribution < -0.4 is 0 Å². The molecule has 2 heteroatoms. The van der Waals surface area contributed by atoms with E-state index in [-0.39, 0.29) is 0 Å². The van der Waals surface area contributed by atoms with Gasteiger partial charge in [-0.2, -0.15) is 4.99 Å². The third kappa shape index (κ3) is 2.54. The van der Waals surface area contributed by atoms with Crippen LogP contribution in [0.4, 0.5) is 5.69 Å². The Morgan fingerprint density at radius 2 is 1.80 bits per heavy atom. The number of carbonyl (C=O) groups excluding carboxylic acids is 1. The second kappa shape index (κ2) is 4.90. The van der Waals surface area contributed by atoms with E-state index in [0.717, 1.165) is 11.3 Å². The fraction of sp³-hybridized carbons (Fsp3) is 0.462. The highest BCUT2D eigenvalue weighted by atomic mass is 16.1. The molecular weight excluding hydrogens is 186 g/mol. The lowest BCUT2D eigenvalue weighted by Gasteiger charge is -2.17. The maximum atomic E-state index is 10.3. The zero-order valence-corrected chi connectivity index (χ0v) is 9.74. The zero-order valence-electron chi connectivity index (χ0n) is 9.74. The first-order valence-electron chi connectivity index (χ1n) is 5.28. The van der Waals surface area contributed by atoms with Crippen LogP contribution in [0, 0.1) is 0 Å². The van der Waals surface area contributed by atoms with Crippen molar-refractivity contribution in [1.29, 1.82) is 0 Å². The summed E-state index contributed by atoms with van der Waals surface area (Å²) in [5.41, 5.74) is 3.18. The molecule has 0 spiro atoms. The minimum Gasteiger partial charge on any atom is -0.211 e. The van der Waals surface area contributed by atoms with E-state index in [9.17, 15) is 4.79 Å². The molecule has 0 saturated carbocycles. The van der Waals surface area contributed by atoms with Crippen LogP contribution in [0.15, 0.2) is 23.2 Å². The van der Waals surface area contributed by atoms with Crippen molar-refractivity contribution in [1.82, 2.24) is 0 Å². The summed E-state index contributed by atoms with van der Waals surface area (Å²) in [6.45, 7) is 8.53. The molecule has 80 valence electrons. The first-order chi connectivity index (χ1) is 7.07. The van der Waals surface area contributed by atoms with E-state index in [1.165, 1.54) is 5.56 Å². The molecule has 0 atom stereocenters. The second-order valence-electron chi connectivity index (χ2n) is 4.29. The van der Waals surface area contributed by atoms with Gasteiger partial charge in [-0.25, -0.2) is 4.79 Å². The monoisotopic (exact) mass is 203 g/mol. The molecule has 0 aliphatic rings. The summed E-state index contributed by atoms with van der Waals surface area (Å²) < 4.78 is 0. The van der Waals surface area contributed by atoms with Crippen molar-refractivity contribution in [3.05, 3.63) is 29.3 Å². The minimum atomic E-state index is 0.371. The fourth-order valence-corrected chi connectivity index (χ4v) is 1.85. The van der Waals surface area contributed by atoms with Gasteiger partial charge in [0.05, 0.1) is 5.69 Å². The maximum Gasteiger partial charge on any atom is 0.240 e. The van der Waals surface area contributed by atoms with Gasteiger partial charge < -0.3 is 0 Å². The van der Waals surface area contributed by atoms with E-state index in [1.807, 2.05) is 12.1 Å². The van der Waals surface area contributed by atoms with E-state index in [2.05, 4.69) is 38.8 Å². The van der Waals surface area contributed by atoms with Gasteiger partial charge in [0.2, 0.25) is 6.08 Å². The molecule has 2 nitrogen and oxygen atoms in total. The molecule has 1 aromatic carbocycles. The summed E-state index contributed by atoms with van der Waals surface area (Å²) in [4.78, 5) is 14.1. The first kappa shape index (κ1) is 11.7. The van der Waals surface area contributed by atoms with E-state index < -0.39 is 0 Å². The van der Waals surface area contributed by atoms with Crippen molar-refractivity contribution in [3.8, 4) is 0 Å². The predicted molar refractivity (Wildman–Crippen MR) is 62.4 cm³/mol. The van der Waals surface area contributed by atoms with E-state index >= 15 is 0 Å². The van der Waals surface area contributed by atoms with Gasteiger partial charge in [0.1, 0.15) is 0 Å². The molecule has 0 fully saturated rings. The number of nitrogens with zero attached hydrogens (tertiary/aromatic N) is 1. The van der Waals surface area contributed by atoms with Gasteiger partial charge in [-0.1, -0.05) is 39.8 Å². The standard InChI is InChI=1S/C13H17NO/c1-9(2)11-6-5-7-12(14-8-15)13(11)10(3)4/h5-7,9-10H,1-4H3. The van der Waals surface area contributed by atoms with Crippen LogP contribution in [0.25, 0.3) is 0 Å². The smallest absolute Gasteiger partial charge is 0.211 e. The van der Waals surface area contributed by atoms with Crippen LogP contribution in [0.3, 0.4) is 0 Å². The largest absolute Gasteiger partial charge is 0.240 e. The Hall–Kier alpha value is -1.40. The zero-order chi connectivity index (χ0) is 11.4. The Balaban J connectivity index is 3.41. The molecular formula is C13H17NO. The molecule has 0 saturated heterocycles. The van der Waals surface area contributed by atoms with Crippen LogP contribution in [-0.2, 0) is 4.79 Å². The lowest BCUT2D eigenvalue weighted by Crippen LogP contribution is -1.98. The van der Waals surface area contributed by atoms with Gasteiger partial charge in [0.25, 0.3) is 0 Å². The van der Waals surface area contributed by atoms with Crippen molar-refractivity contribution >= 4 is 11.8 Å². The second-order valence-corrected chi connectivity index (χ2v) is 4.29. The minimum absolute atomic E-state index is 0.371. The highest BCUT2D eigenvalue weighted by Crippen LogP contribution is 2.33. The number of aliphatic imine (C=N–C) groups is 1. The van der Waals surface area contributed by atoms with Gasteiger partial charge in [-0.3, -0.25) is 0 Å². The summed E-state index contributed by atoms with van der Waals surface area (Å²) in [6.07, 6.45) is 1.62. The number of hydrogen-bond donors (Lipinski definition) is 0. The Labute approximate surface area is 91.0 Å². The third-order valence-corrected chi connectivity index (χ3v) is 2.48. The highest BCUT2D eigenvalue weighted by molar-refractivity contribution is 5.58. The fourth-order valence-electron chi connectivity index (χ4n) is 1.85. The Bertz CT molecular complexity index is 388. The third-order valence-electron chi connectivity index (χ3n) is 2.48. The van der Waals surface area contributed by atoms with Crippen LogP contribution in [0.5, 0.6) is 0 Å². The van der Waals surface area contributed by atoms with Gasteiger partial charge in [0.15, 0.2) is 0 Å². The molecule has 0 bridgehead atoms. The van der Waals surface area contributed by atoms with E-state index in [1.54, 1.807) is 6.08 Å². The van der Waals surface area contributed by atoms with Crippen molar-refractivity contribution in [2.75, 3.05) is 0 Å². The lowest BCUT2D eigenvalue weighted by molar-refractivity contribution is 0.565. The van der Waals surface area contributed by atoms with Crippen LogP contribution in [0.1, 0.15) is 50.7 Å². The molecule has 0 unspecified atom stereocenters. The molecule has 0 heterocycles. The summed E-state index contributed by atoms with van der Waals surface area (Å²) in [5.74, 6) is 0.819. The maximum absolute atomic E-state index is 10.3. The summed E-state index contributed by atoms with van der Waals surface area (Å²) in [6, 6.07) is 5.91. The quantitative estimate of drug-likeness (QED) is 0.541. The molecule has 0 aliphatic carbocycles. The van der Waals surface area contributed by atoms with E-state index in [4.69, 9.17) is 0 Å². The average Bonchev–Trinajstić information content (AvgIpc) is 2.17. The summed E-state index contributed by atoms with van der Waals surface area (Å²) in [7, 11) is 0. The molecule has 15 heavy (non-hydrogen) atoms. The highest BCUT2D eigenvalue weighted by Gasteiger charge is 2.13.